The van der Waals surface area contributed by atoms with Gasteiger partial charge in [0.15, 0.2) is 0 Å². The van der Waals surface area contributed by atoms with Gasteiger partial charge in [0, 0.05) is 6.20 Å². The van der Waals surface area contributed by atoms with Crippen LogP contribution in [-0.2, 0) is 10.0 Å². The Kier molecular flexibility index (Phi) is 3.69. The van der Waals surface area contributed by atoms with Crippen molar-refractivity contribution in [2.75, 3.05) is 0 Å². The van der Waals surface area contributed by atoms with E-state index < -0.39 is 10.0 Å². The smallest absolute Gasteiger partial charge is 0.242 e. The molecule has 0 fully saturated rings. The van der Waals surface area contributed by atoms with Crippen LogP contribution in [0.4, 0.5) is 0 Å². The van der Waals surface area contributed by atoms with E-state index in [0.29, 0.717) is 0 Å². The van der Waals surface area contributed by atoms with E-state index in [1.54, 1.807) is 36.4 Å². The Morgan fingerprint density at radius 3 is 2.30 bits per heavy atom. The van der Waals surface area contributed by atoms with Crippen molar-refractivity contribution in [2.45, 2.75) is 4.90 Å². The molecular formula is C14H9N3O2S. The molecule has 0 unspecified atom stereocenters. The largest absolute Gasteiger partial charge is 0.268 e. The van der Waals surface area contributed by atoms with E-state index in [-0.39, 0.29) is 16.2 Å². The van der Waals surface area contributed by atoms with Crippen LogP contribution in [0.25, 0.3) is 6.08 Å². The van der Waals surface area contributed by atoms with E-state index >= 15 is 0 Å². The average molecular weight is 283 g/mol. The maximum Gasteiger partial charge on any atom is 0.268 e. The van der Waals surface area contributed by atoms with Gasteiger partial charge in [0.1, 0.15) is 17.7 Å². The quantitative estimate of drug-likeness (QED) is 0.807. The Labute approximate surface area is 116 Å². The number of hydrogen-bond acceptors (Lipinski definition) is 4. The summed E-state index contributed by atoms with van der Waals surface area (Å²) in [5.74, 6) is 0. The summed E-state index contributed by atoms with van der Waals surface area (Å²) in [6.45, 7) is 0. The van der Waals surface area contributed by atoms with Crippen LogP contribution < -0.4 is 0 Å². The lowest BCUT2D eigenvalue weighted by Crippen LogP contribution is -2.13. The molecular weight excluding hydrogens is 274 g/mol. The van der Waals surface area contributed by atoms with Crippen molar-refractivity contribution in [2.24, 2.45) is 0 Å². The highest BCUT2D eigenvalue weighted by Crippen LogP contribution is 2.18. The molecule has 0 saturated carbocycles. The van der Waals surface area contributed by atoms with Crippen molar-refractivity contribution in [1.82, 2.24) is 3.97 Å². The molecule has 2 aromatic rings. The molecule has 1 aromatic carbocycles. The second-order valence-corrected chi connectivity index (χ2v) is 5.64. The molecule has 0 aliphatic rings. The summed E-state index contributed by atoms with van der Waals surface area (Å²) >= 11 is 0. The number of hydrogen-bond donors (Lipinski definition) is 0. The third-order valence-corrected chi connectivity index (χ3v) is 4.29. The SMILES string of the molecule is N#CC(C#N)=Cc1cccn1S(=O)(=O)c1ccccc1. The van der Waals surface area contributed by atoms with Crippen molar-refractivity contribution in [1.29, 1.82) is 10.5 Å². The molecule has 0 bridgehead atoms. The fourth-order valence-electron chi connectivity index (χ4n) is 1.65. The second kappa shape index (κ2) is 5.43. The van der Waals surface area contributed by atoms with Gasteiger partial charge in [0.25, 0.3) is 10.0 Å². The lowest BCUT2D eigenvalue weighted by atomic mass is 10.2. The first-order valence-electron chi connectivity index (χ1n) is 5.59. The Morgan fingerprint density at radius 1 is 1.05 bits per heavy atom. The zero-order chi connectivity index (χ0) is 14.6. The lowest BCUT2D eigenvalue weighted by Gasteiger charge is -2.08. The second-order valence-electron chi connectivity index (χ2n) is 3.83. The van der Waals surface area contributed by atoms with E-state index in [1.807, 2.05) is 0 Å². The molecule has 0 aliphatic carbocycles. The first kappa shape index (κ1) is 13.6. The van der Waals surface area contributed by atoms with Crippen molar-refractivity contribution in [3.05, 3.63) is 59.9 Å². The Hall–Kier alpha value is -2.83. The molecule has 0 saturated heterocycles. The van der Waals surface area contributed by atoms with Crippen LogP contribution in [0.2, 0.25) is 0 Å². The third-order valence-electron chi connectivity index (χ3n) is 2.58. The van der Waals surface area contributed by atoms with E-state index in [2.05, 4.69) is 0 Å². The Balaban J connectivity index is 2.58. The number of nitriles is 2. The van der Waals surface area contributed by atoms with Gasteiger partial charge in [-0.05, 0) is 30.3 Å². The summed E-state index contributed by atoms with van der Waals surface area (Å²) in [5.41, 5.74) is 0.0974. The molecule has 0 amide bonds. The Bertz CT molecular complexity index is 819. The van der Waals surface area contributed by atoms with E-state index in [0.717, 1.165) is 3.97 Å². The predicted octanol–water partition coefficient (Wildman–Crippen LogP) is 2.16. The van der Waals surface area contributed by atoms with E-state index in [9.17, 15) is 8.42 Å². The van der Waals surface area contributed by atoms with Gasteiger partial charge in [-0.2, -0.15) is 10.5 Å². The van der Waals surface area contributed by atoms with Gasteiger partial charge >= 0.3 is 0 Å². The fraction of sp³-hybridized carbons (Fsp3) is 0. The number of aromatic nitrogens is 1. The third kappa shape index (κ3) is 2.46. The molecule has 1 heterocycles. The van der Waals surface area contributed by atoms with E-state index in [4.69, 9.17) is 10.5 Å². The highest BCUT2D eigenvalue weighted by atomic mass is 32.2. The fourth-order valence-corrected chi connectivity index (χ4v) is 3.00. The van der Waals surface area contributed by atoms with Gasteiger partial charge in [0.2, 0.25) is 0 Å². The minimum absolute atomic E-state index is 0.140. The van der Waals surface area contributed by atoms with Gasteiger partial charge in [-0.1, -0.05) is 18.2 Å². The number of benzene rings is 1. The summed E-state index contributed by atoms with van der Waals surface area (Å²) in [4.78, 5) is 0.140. The van der Waals surface area contributed by atoms with Gasteiger partial charge in [0.05, 0.1) is 10.6 Å². The topological polar surface area (TPSA) is 86.7 Å². The van der Waals surface area contributed by atoms with Crippen LogP contribution in [0.3, 0.4) is 0 Å². The van der Waals surface area contributed by atoms with Gasteiger partial charge in [-0.3, -0.25) is 0 Å². The van der Waals surface area contributed by atoms with Crippen molar-refractivity contribution >= 4 is 16.1 Å². The van der Waals surface area contributed by atoms with Crippen LogP contribution in [0.5, 0.6) is 0 Å². The van der Waals surface area contributed by atoms with Crippen LogP contribution in [0.1, 0.15) is 5.69 Å². The highest BCUT2D eigenvalue weighted by Gasteiger charge is 2.18. The first-order valence-corrected chi connectivity index (χ1v) is 7.03. The monoisotopic (exact) mass is 283 g/mol. The molecule has 5 nitrogen and oxygen atoms in total. The molecule has 20 heavy (non-hydrogen) atoms. The minimum atomic E-state index is -3.74. The molecule has 0 aliphatic heterocycles. The highest BCUT2D eigenvalue weighted by molar-refractivity contribution is 7.90. The number of rotatable bonds is 3. The predicted molar refractivity (Wildman–Crippen MR) is 72.7 cm³/mol. The van der Waals surface area contributed by atoms with Crippen molar-refractivity contribution in [3.63, 3.8) is 0 Å². The van der Waals surface area contributed by atoms with E-state index in [1.165, 1.54) is 30.5 Å². The molecule has 0 spiro atoms. The van der Waals surface area contributed by atoms with Crippen LogP contribution in [-0.4, -0.2) is 12.4 Å². The standard InChI is InChI=1S/C14H9N3O2S/c15-10-12(11-16)9-13-5-4-8-17(13)20(18,19)14-6-2-1-3-7-14/h1-9H. The molecule has 98 valence electrons. The minimum Gasteiger partial charge on any atom is -0.242 e. The van der Waals surface area contributed by atoms with Gasteiger partial charge in [-0.25, -0.2) is 12.4 Å². The van der Waals surface area contributed by atoms with Crippen LogP contribution in [0.15, 0.2) is 59.1 Å². The average Bonchev–Trinajstić information content (AvgIpc) is 2.94. The zero-order valence-corrected chi connectivity index (χ0v) is 11.1. The molecule has 6 heteroatoms. The van der Waals surface area contributed by atoms with Crippen molar-refractivity contribution in [3.8, 4) is 12.1 Å². The number of allylic oxidation sites excluding steroid dienone is 1. The first-order chi connectivity index (χ1) is 9.59. The maximum atomic E-state index is 12.4. The van der Waals surface area contributed by atoms with Gasteiger partial charge < -0.3 is 0 Å². The zero-order valence-electron chi connectivity index (χ0n) is 10.3. The molecule has 2 rings (SSSR count). The number of nitrogens with zero attached hydrogens (tertiary/aromatic N) is 3. The normalized spacial score (nSPS) is 10.3. The summed E-state index contributed by atoms with van der Waals surface area (Å²) < 4.78 is 25.9. The molecule has 0 radical (unpaired) electrons. The van der Waals surface area contributed by atoms with Crippen LogP contribution >= 0.6 is 0 Å². The lowest BCUT2D eigenvalue weighted by molar-refractivity contribution is 0.587. The van der Waals surface area contributed by atoms with Crippen LogP contribution in [0, 0.1) is 22.7 Å². The summed E-state index contributed by atoms with van der Waals surface area (Å²) in [5, 5.41) is 17.5. The molecule has 0 atom stereocenters. The summed E-state index contributed by atoms with van der Waals surface area (Å²) in [7, 11) is -3.74. The maximum absolute atomic E-state index is 12.4. The van der Waals surface area contributed by atoms with Gasteiger partial charge in [-0.15, -0.1) is 0 Å². The summed E-state index contributed by atoms with van der Waals surface area (Å²) in [6.07, 6.45) is 2.61. The molecule has 0 N–H and O–H groups in total. The van der Waals surface area contributed by atoms with Crippen molar-refractivity contribution < 1.29 is 8.42 Å². The molecule has 1 aromatic heterocycles. The summed E-state index contributed by atoms with van der Waals surface area (Å²) in [6, 6.07) is 14.4. The Morgan fingerprint density at radius 2 is 1.70 bits per heavy atom.